The molecule has 0 unspecified atom stereocenters. The van der Waals surface area contributed by atoms with E-state index in [-0.39, 0.29) is 18.1 Å². The molecule has 2 amide bonds. The number of hydrogen-bond donors (Lipinski definition) is 1. The van der Waals surface area contributed by atoms with Crippen molar-refractivity contribution < 1.29 is 9.90 Å². The lowest BCUT2D eigenvalue weighted by Crippen LogP contribution is -2.67. The lowest BCUT2D eigenvalue weighted by Gasteiger charge is -2.49. The van der Waals surface area contributed by atoms with E-state index in [1.807, 2.05) is 97.1 Å². The molecule has 4 aromatic carbocycles. The fourth-order valence-corrected chi connectivity index (χ4v) is 5.07. The molecular formula is C31H30N2O2. The Kier molecular flexibility index (Phi) is 6.92. The van der Waals surface area contributed by atoms with Gasteiger partial charge in [0.05, 0.1) is 18.2 Å². The second-order valence-corrected chi connectivity index (χ2v) is 9.03. The number of rotatable bonds is 7. The monoisotopic (exact) mass is 462 g/mol. The third-order valence-corrected chi connectivity index (χ3v) is 6.79. The molecule has 4 nitrogen and oxygen atoms in total. The summed E-state index contributed by atoms with van der Waals surface area (Å²) in [6, 6.07) is 38.9. The number of carbonyl (C=O) groups excluding carboxylic acids is 1. The summed E-state index contributed by atoms with van der Waals surface area (Å²) in [6.07, 6.45) is 1.28. The van der Waals surface area contributed by atoms with E-state index in [0.717, 1.165) is 23.4 Å². The number of carbonyl (C=O) groups is 1. The van der Waals surface area contributed by atoms with Gasteiger partial charge in [-0.1, -0.05) is 97.1 Å². The van der Waals surface area contributed by atoms with Crippen molar-refractivity contribution in [2.45, 2.75) is 37.5 Å². The molecular weight excluding hydrogens is 432 g/mol. The van der Waals surface area contributed by atoms with Gasteiger partial charge in [-0.3, -0.25) is 9.80 Å². The third kappa shape index (κ3) is 4.98. The highest BCUT2D eigenvalue weighted by Crippen LogP contribution is 2.35. The largest absolute Gasteiger partial charge is 0.389 e. The number of aryl methyl sites for hydroxylation is 1. The molecule has 0 saturated carbocycles. The summed E-state index contributed by atoms with van der Waals surface area (Å²) in [5.74, 6) is 0. The van der Waals surface area contributed by atoms with Crippen LogP contribution in [0.5, 0.6) is 0 Å². The molecule has 0 aromatic heterocycles. The SMILES string of the molecule is O=C1N(c2ccccc2)[C@H](CCc2ccccc2)[C@@H](O)[C@@H](Cc2ccccc2)N1c1ccccc1. The number of benzene rings is 4. The van der Waals surface area contributed by atoms with Crippen molar-refractivity contribution in [2.24, 2.45) is 0 Å². The number of aliphatic hydroxyl groups excluding tert-OH is 1. The average molecular weight is 463 g/mol. The smallest absolute Gasteiger partial charge is 0.329 e. The molecule has 1 aliphatic rings. The van der Waals surface area contributed by atoms with Gasteiger partial charge < -0.3 is 5.11 Å². The maximum Gasteiger partial charge on any atom is 0.329 e. The van der Waals surface area contributed by atoms with Crippen molar-refractivity contribution >= 4 is 17.4 Å². The molecule has 4 heteroatoms. The molecule has 1 N–H and O–H groups in total. The van der Waals surface area contributed by atoms with E-state index >= 15 is 0 Å². The summed E-state index contributed by atoms with van der Waals surface area (Å²) in [5.41, 5.74) is 3.89. The standard InChI is InChI=1S/C31H30N2O2/c34-30-28(22-21-24-13-5-1-6-14-24)32(26-17-9-3-10-18-26)31(35)33(27-19-11-4-12-20-27)29(30)23-25-15-7-2-8-16-25/h1-20,28-30,34H,21-23H2/t28-,29-,30-/m1/s1. The minimum Gasteiger partial charge on any atom is -0.389 e. The number of hydrogen-bond acceptors (Lipinski definition) is 2. The summed E-state index contributed by atoms with van der Waals surface area (Å²) in [7, 11) is 0. The van der Waals surface area contributed by atoms with Crippen LogP contribution in [0.3, 0.4) is 0 Å². The summed E-state index contributed by atoms with van der Waals surface area (Å²) in [4.78, 5) is 17.8. The lowest BCUT2D eigenvalue weighted by atomic mass is 9.88. The Bertz CT molecular complexity index is 1220. The van der Waals surface area contributed by atoms with Gasteiger partial charge in [-0.05, 0) is 54.7 Å². The van der Waals surface area contributed by atoms with Crippen molar-refractivity contribution in [3.8, 4) is 0 Å². The van der Waals surface area contributed by atoms with Crippen LogP contribution in [0.15, 0.2) is 121 Å². The van der Waals surface area contributed by atoms with Crippen molar-refractivity contribution in [1.82, 2.24) is 0 Å². The van der Waals surface area contributed by atoms with Gasteiger partial charge in [0.15, 0.2) is 0 Å². The number of nitrogens with zero attached hydrogens (tertiary/aromatic N) is 2. The van der Waals surface area contributed by atoms with E-state index in [2.05, 4.69) is 24.3 Å². The number of amides is 2. The molecule has 0 bridgehead atoms. The van der Waals surface area contributed by atoms with Crippen LogP contribution in [0.1, 0.15) is 17.5 Å². The quantitative estimate of drug-likeness (QED) is 0.360. The van der Waals surface area contributed by atoms with Gasteiger partial charge in [0.1, 0.15) is 0 Å². The minimum atomic E-state index is -0.739. The normalized spacial score (nSPS) is 20.1. The van der Waals surface area contributed by atoms with Gasteiger partial charge in [-0.25, -0.2) is 4.79 Å². The summed E-state index contributed by atoms with van der Waals surface area (Å²) < 4.78 is 0. The van der Waals surface area contributed by atoms with Crippen LogP contribution in [0.4, 0.5) is 16.2 Å². The molecule has 35 heavy (non-hydrogen) atoms. The van der Waals surface area contributed by atoms with E-state index in [4.69, 9.17) is 0 Å². The Morgan fingerprint density at radius 1 is 0.571 bits per heavy atom. The van der Waals surface area contributed by atoms with Crippen LogP contribution in [-0.4, -0.2) is 29.3 Å². The number of anilines is 2. The van der Waals surface area contributed by atoms with Crippen LogP contribution < -0.4 is 9.80 Å². The first-order chi connectivity index (χ1) is 17.2. The van der Waals surface area contributed by atoms with Crippen LogP contribution in [-0.2, 0) is 12.8 Å². The van der Waals surface area contributed by atoms with Gasteiger partial charge in [0, 0.05) is 11.4 Å². The van der Waals surface area contributed by atoms with E-state index < -0.39 is 6.10 Å². The highest BCUT2D eigenvalue weighted by atomic mass is 16.3. The maximum atomic E-state index is 14.2. The molecule has 176 valence electrons. The highest BCUT2D eigenvalue weighted by Gasteiger charge is 2.46. The zero-order valence-corrected chi connectivity index (χ0v) is 19.7. The van der Waals surface area contributed by atoms with Crippen LogP contribution in [0.25, 0.3) is 0 Å². The maximum absolute atomic E-state index is 14.2. The predicted molar refractivity (Wildman–Crippen MR) is 142 cm³/mol. The minimum absolute atomic E-state index is 0.105. The predicted octanol–water partition coefficient (Wildman–Crippen LogP) is 6.11. The van der Waals surface area contributed by atoms with Gasteiger partial charge in [-0.15, -0.1) is 0 Å². The third-order valence-electron chi connectivity index (χ3n) is 6.79. The molecule has 1 heterocycles. The van der Waals surface area contributed by atoms with E-state index in [9.17, 15) is 9.90 Å². The lowest BCUT2D eigenvalue weighted by molar-refractivity contribution is 0.0958. The Hall–Kier alpha value is -3.89. The fraction of sp³-hybridized carbons (Fsp3) is 0.194. The molecule has 3 atom stereocenters. The van der Waals surface area contributed by atoms with Crippen molar-refractivity contribution in [1.29, 1.82) is 0 Å². The Morgan fingerprint density at radius 3 is 1.51 bits per heavy atom. The summed E-state index contributed by atoms with van der Waals surface area (Å²) in [5, 5.41) is 11.9. The van der Waals surface area contributed by atoms with E-state index in [1.165, 1.54) is 5.56 Å². The molecule has 1 aliphatic heterocycles. The molecule has 4 aromatic rings. The zero-order valence-electron chi connectivity index (χ0n) is 19.7. The molecule has 1 saturated heterocycles. The van der Waals surface area contributed by atoms with E-state index in [0.29, 0.717) is 12.8 Å². The van der Waals surface area contributed by atoms with E-state index in [1.54, 1.807) is 9.80 Å². The number of para-hydroxylation sites is 2. The summed E-state index contributed by atoms with van der Waals surface area (Å²) in [6.45, 7) is 0. The van der Waals surface area contributed by atoms with Crippen LogP contribution >= 0.6 is 0 Å². The van der Waals surface area contributed by atoms with Crippen molar-refractivity contribution in [3.05, 3.63) is 132 Å². The molecule has 1 fully saturated rings. The number of aliphatic hydroxyl groups is 1. The van der Waals surface area contributed by atoms with Gasteiger partial charge in [-0.2, -0.15) is 0 Å². The Balaban J connectivity index is 1.55. The van der Waals surface area contributed by atoms with Crippen molar-refractivity contribution in [2.75, 3.05) is 9.80 Å². The first kappa shape index (κ1) is 22.9. The first-order valence-corrected chi connectivity index (χ1v) is 12.2. The highest BCUT2D eigenvalue weighted by molar-refractivity contribution is 6.05. The topological polar surface area (TPSA) is 43.8 Å². The second-order valence-electron chi connectivity index (χ2n) is 9.03. The molecule has 0 radical (unpaired) electrons. The average Bonchev–Trinajstić information content (AvgIpc) is 2.92. The van der Waals surface area contributed by atoms with Gasteiger partial charge >= 0.3 is 6.03 Å². The van der Waals surface area contributed by atoms with Crippen LogP contribution in [0.2, 0.25) is 0 Å². The zero-order chi connectivity index (χ0) is 24.0. The van der Waals surface area contributed by atoms with Gasteiger partial charge in [0.2, 0.25) is 0 Å². The molecule has 0 spiro atoms. The number of urea groups is 1. The van der Waals surface area contributed by atoms with Crippen molar-refractivity contribution in [3.63, 3.8) is 0 Å². The second kappa shape index (κ2) is 10.6. The Morgan fingerprint density at radius 2 is 1.00 bits per heavy atom. The molecule has 0 aliphatic carbocycles. The first-order valence-electron chi connectivity index (χ1n) is 12.2. The van der Waals surface area contributed by atoms with Crippen LogP contribution in [0, 0.1) is 0 Å². The summed E-state index contributed by atoms with van der Waals surface area (Å²) >= 11 is 0. The fourth-order valence-electron chi connectivity index (χ4n) is 5.07. The van der Waals surface area contributed by atoms with Gasteiger partial charge in [0.25, 0.3) is 0 Å². The molecule has 5 rings (SSSR count). The Labute approximate surface area is 207 Å².